The first kappa shape index (κ1) is 12.2. The van der Waals surface area contributed by atoms with Crippen LogP contribution in [0, 0.1) is 0 Å². The lowest BCUT2D eigenvalue weighted by molar-refractivity contribution is -0.164. The van der Waals surface area contributed by atoms with Crippen molar-refractivity contribution in [2.45, 2.75) is 56.8 Å². The Morgan fingerprint density at radius 1 is 1.28 bits per heavy atom. The van der Waals surface area contributed by atoms with E-state index in [0.717, 1.165) is 51.6 Å². The van der Waals surface area contributed by atoms with E-state index in [9.17, 15) is 4.79 Å². The molecule has 0 aromatic rings. The first-order valence-electron chi connectivity index (χ1n) is 6.96. The van der Waals surface area contributed by atoms with Gasteiger partial charge in [0.05, 0.1) is 0 Å². The van der Waals surface area contributed by atoms with Crippen LogP contribution in [-0.2, 0) is 19.0 Å². The first-order valence-corrected chi connectivity index (χ1v) is 6.96. The van der Waals surface area contributed by atoms with E-state index in [4.69, 9.17) is 14.2 Å². The average molecular weight is 252 g/mol. The number of rotatable bonds is 3. The van der Waals surface area contributed by atoms with E-state index < -0.39 is 5.60 Å². The molecule has 100 valence electrons. The molecule has 2 aliphatic heterocycles. The molecule has 1 atom stereocenters. The van der Waals surface area contributed by atoms with Gasteiger partial charge in [0, 0.05) is 12.7 Å². The van der Waals surface area contributed by atoms with Gasteiger partial charge in [0.2, 0.25) is 5.78 Å². The lowest BCUT2D eigenvalue weighted by atomic mass is 9.98. The van der Waals surface area contributed by atoms with Gasteiger partial charge in [-0.25, -0.2) is 0 Å². The van der Waals surface area contributed by atoms with Crippen LogP contribution in [0.1, 0.15) is 44.9 Å². The fraction of sp³-hybridized carbons (Fsp3) is 0.786. The van der Waals surface area contributed by atoms with E-state index in [1.165, 1.54) is 0 Å². The molecule has 2 heterocycles. The summed E-state index contributed by atoms with van der Waals surface area (Å²) < 4.78 is 17.0. The third-order valence-electron chi connectivity index (χ3n) is 4.03. The number of ether oxygens (including phenoxy) is 3. The van der Waals surface area contributed by atoms with E-state index in [1.54, 1.807) is 6.08 Å². The predicted octanol–water partition coefficient (Wildman–Crippen LogP) is 2.33. The van der Waals surface area contributed by atoms with E-state index in [-0.39, 0.29) is 12.1 Å². The van der Waals surface area contributed by atoms with Gasteiger partial charge in [-0.1, -0.05) is 0 Å². The van der Waals surface area contributed by atoms with Gasteiger partial charge in [-0.3, -0.25) is 4.79 Å². The summed E-state index contributed by atoms with van der Waals surface area (Å²) in [6, 6.07) is 0. The first-order chi connectivity index (χ1) is 8.78. The van der Waals surface area contributed by atoms with Crippen LogP contribution in [0.5, 0.6) is 0 Å². The molecule has 0 aromatic carbocycles. The second kappa shape index (κ2) is 5.02. The molecular formula is C14H20O4. The Bertz CT molecular complexity index is 349. The van der Waals surface area contributed by atoms with Crippen molar-refractivity contribution < 1.29 is 19.0 Å². The molecule has 4 heteroatoms. The van der Waals surface area contributed by atoms with Gasteiger partial charge < -0.3 is 14.2 Å². The van der Waals surface area contributed by atoms with Crippen LogP contribution in [0.15, 0.2) is 11.8 Å². The van der Waals surface area contributed by atoms with Crippen molar-refractivity contribution in [3.63, 3.8) is 0 Å². The Hall–Kier alpha value is -0.870. The molecule has 2 fully saturated rings. The Kier molecular flexibility index (Phi) is 3.39. The maximum absolute atomic E-state index is 12.0. The summed E-state index contributed by atoms with van der Waals surface area (Å²) in [5.41, 5.74) is -0.536. The normalized spacial score (nSPS) is 30.6. The largest absolute Gasteiger partial charge is 0.481 e. The summed E-state index contributed by atoms with van der Waals surface area (Å²) in [7, 11) is 0. The van der Waals surface area contributed by atoms with Crippen LogP contribution < -0.4 is 0 Å². The Morgan fingerprint density at radius 2 is 2.11 bits per heavy atom. The topological polar surface area (TPSA) is 44.8 Å². The van der Waals surface area contributed by atoms with Crippen LogP contribution in [0.4, 0.5) is 0 Å². The van der Waals surface area contributed by atoms with E-state index in [0.29, 0.717) is 12.4 Å². The second-order valence-corrected chi connectivity index (χ2v) is 5.39. The van der Waals surface area contributed by atoms with Crippen molar-refractivity contribution in [2.75, 3.05) is 13.2 Å². The lowest BCUT2D eigenvalue weighted by Crippen LogP contribution is -2.33. The lowest BCUT2D eigenvalue weighted by Gasteiger charge is -2.25. The van der Waals surface area contributed by atoms with Crippen molar-refractivity contribution in [2.24, 2.45) is 0 Å². The molecule has 1 aliphatic carbocycles. The summed E-state index contributed by atoms with van der Waals surface area (Å²) >= 11 is 0. The fourth-order valence-corrected chi connectivity index (χ4v) is 2.99. The highest BCUT2D eigenvalue weighted by Crippen LogP contribution is 2.40. The Balaban J connectivity index is 1.52. The van der Waals surface area contributed by atoms with Gasteiger partial charge in [-0.15, -0.1) is 0 Å². The minimum atomic E-state index is -0.536. The summed E-state index contributed by atoms with van der Waals surface area (Å²) in [5.74, 6) is 0.805. The molecule has 1 saturated heterocycles. The number of ketones is 1. The number of carbonyl (C=O) groups excluding carboxylic acids is 1. The highest BCUT2D eigenvalue weighted by molar-refractivity contribution is 5.99. The number of hydrogen-bond acceptors (Lipinski definition) is 4. The second-order valence-electron chi connectivity index (χ2n) is 5.39. The molecule has 3 rings (SSSR count). The van der Waals surface area contributed by atoms with Crippen LogP contribution in [0.2, 0.25) is 0 Å². The van der Waals surface area contributed by atoms with Crippen molar-refractivity contribution in [1.29, 1.82) is 0 Å². The summed E-state index contributed by atoms with van der Waals surface area (Å²) in [5, 5.41) is 0. The molecule has 4 nitrogen and oxygen atoms in total. The fourth-order valence-electron chi connectivity index (χ4n) is 2.99. The number of hydrogen-bond donors (Lipinski definition) is 0. The van der Waals surface area contributed by atoms with Crippen LogP contribution in [-0.4, -0.2) is 30.9 Å². The summed E-state index contributed by atoms with van der Waals surface area (Å²) in [6.07, 6.45) is 8.56. The molecule has 3 aliphatic rings. The van der Waals surface area contributed by atoms with Gasteiger partial charge in [0.15, 0.2) is 11.9 Å². The molecule has 0 radical (unpaired) electrons. The molecule has 1 spiro atoms. The molecule has 0 bridgehead atoms. The monoisotopic (exact) mass is 252 g/mol. The average Bonchev–Trinajstić information content (AvgIpc) is 2.98. The minimum absolute atomic E-state index is 0.126. The highest BCUT2D eigenvalue weighted by Gasteiger charge is 2.46. The summed E-state index contributed by atoms with van der Waals surface area (Å²) in [4.78, 5) is 12.0. The molecule has 0 aromatic heterocycles. The summed E-state index contributed by atoms with van der Waals surface area (Å²) in [6.45, 7) is 1.13. The van der Waals surface area contributed by atoms with Crippen LogP contribution in [0.3, 0.4) is 0 Å². The maximum atomic E-state index is 12.0. The molecule has 1 unspecified atom stereocenters. The third-order valence-corrected chi connectivity index (χ3v) is 4.03. The molecule has 1 saturated carbocycles. The van der Waals surface area contributed by atoms with Crippen molar-refractivity contribution >= 4 is 5.78 Å². The minimum Gasteiger partial charge on any atom is -0.481 e. The Morgan fingerprint density at radius 3 is 2.83 bits per heavy atom. The standard InChI is InChI=1S/C14H20O4/c15-12-9-11(18-14(12)6-2-3-7-14)10-17-13-5-1-4-8-16-13/h9,13H,1-8,10H2. The predicted molar refractivity (Wildman–Crippen MR) is 64.9 cm³/mol. The zero-order chi connectivity index (χ0) is 12.4. The smallest absolute Gasteiger partial charge is 0.202 e. The van der Waals surface area contributed by atoms with Gasteiger partial charge in [0.25, 0.3) is 0 Å². The van der Waals surface area contributed by atoms with Gasteiger partial charge >= 0.3 is 0 Å². The quantitative estimate of drug-likeness (QED) is 0.773. The van der Waals surface area contributed by atoms with E-state index >= 15 is 0 Å². The molecule has 18 heavy (non-hydrogen) atoms. The van der Waals surface area contributed by atoms with Gasteiger partial charge in [-0.05, 0) is 44.9 Å². The molecule has 0 N–H and O–H groups in total. The number of carbonyl (C=O) groups is 1. The van der Waals surface area contributed by atoms with E-state index in [1.807, 2.05) is 0 Å². The van der Waals surface area contributed by atoms with Crippen LogP contribution >= 0.6 is 0 Å². The SMILES string of the molecule is O=C1C=C(COC2CCCCO2)OC12CCCC2. The van der Waals surface area contributed by atoms with E-state index in [2.05, 4.69) is 0 Å². The van der Waals surface area contributed by atoms with Gasteiger partial charge in [0.1, 0.15) is 12.4 Å². The molecular weight excluding hydrogens is 232 g/mol. The Labute approximate surface area is 107 Å². The zero-order valence-corrected chi connectivity index (χ0v) is 10.7. The van der Waals surface area contributed by atoms with Crippen LogP contribution in [0.25, 0.3) is 0 Å². The van der Waals surface area contributed by atoms with Crippen molar-refractivity contribution in [3.05, 3.63) is 11.8 Å². The van der Waals surface area contributed by atoms with Gasteiger partial charge in [-0.2, -0.15) is 0 Å². The zero-order valence-electron chi connectivity index (χ0n) is 10.7. The van der Waals surface area contributed by atoms with Crippen molar-refractivity contribution in [1.82, 2.24) is 0 Å². The highest BCUT2D eigenvalue weighted by atomic mass is 16.7. The maximum Gasteiger partial charge on any atom is 0.202 e. The third kappa shape index (κ3) is 2.31. The molecule has 0 amide bonds. The van der Waals surface area contributed by atoms with Crippen molar-refractivity contribution in [3.8, 4) is 0 Å².